The third kappa shape index (κ3) is 4.27. The quantitative estimate of drug-likeness (QED) is 0.245. The highest BCUT2D eigenvalue weighted by Crippen LogP contribution is 2.33. The molecule has 3 aromatic carbocycles. The number of pyridine rings is 1. The monoisotopic (exact) mass is 436 g/mol. The summed E-state index contributed by atoms with van der Waals surface area (Å²) in [7, 11) is -4.37. The van der Waals surface area contributed by atoms with Gasteiger partial charge in [-0.15, -0.1) is 10.2 Å². The van der Waals surface area contributed by atoms with Gasteiger partial charge in [0.05, 0.1) is 22.5 Å². The van der Waals surface area contributed by atoms with Crippen LogP contribution in [0, 0.1) is 12.7 Å². The summed E-state index contributed by atoms with van der Waals surface area (Å²) in [5.41, 5.74) is 9.52. The highest BCUT2D eigenvalue weighted by Gasteiger charge is 2.13. The molecule has 0 fully saturated rings. The number of nitrogens with two attached hydrogens (primary N) is 1. The molecule has 4 rings (SSSR count). The van der Waals surface area contributed by atoms with Gasteiger partial charge in [-0.05, 0) is 67.1 Å². The van der Waals surface area contributed by atoms with E-state index in [1.165, 1.54) is 36.5 Å². The molecule has 0 radical (unpaired) electrons. The van der Waals surface area contributed by atoms with Crippen molar-refractivity contribution >= 4 is 38.0 Å². The Bertz CT molecular complexity index is 1440. The lowest BCUT2D eigenvalue weighted by atomic mass is 10.1. The number of anilines is 1. The minimum atomic E-state index is -4.37. The van der Waals surface area contributed by atoms with E-state index in [9.17, 15) is 17.4 Å². The Morgan fingerprint density at radius 1 is 0.968 bits per heavy atom. The Balaban J connectivity index is 1.69. The van der Waals surface area contributed by atoms with E-state index in [0.29, 0.717) is 33.5 Å². The van der Waals surface area contributed by atoms with Crippen molar-refractivity contribution in [3.63, 3.8) is 0 Å². The van der Waals surface area contributed by atoms with Gasteiger partial charge in [-0.3, -0.25) is 9.54 Å². The Labute approximate surface area is 177 Å². The minimum Gasteiger partial charge on any atom is -0.398 e. The van der Waals surface area contributed by atoms with Gasteiger partial charge in [0.1, 0.15) is 11.5 Å². The van der Waals surface area contributed by atoms with Gasteiger partial charge in [0.25, 0.3) is 10.1 Å². The Hall–Kier alpha value is -3.69. The van der Waals surface area contributed by atoms with Crippen LogP contribution in [0.3, 0.4) is 0 Å². The summed E-state index contributed by atoms with van der Waals surface area (Å²) >= 11 is 0. The van der Waals surface area contributed by atoms with Crippen LogP contribution < -0.4 is 5.73 Å². The molecule has 0 amide bonds. The first-order chi connectivity index (χ1) is 14.7. The standard InChI is InChI=1S/C22H17FN4O3S/c1-13-10-14(23)2-5-17(13)21-8-3-15(12-25-21)26-27-22-9-7-20(24)18-6-4-16(11-19(18)22)31(28,29)30/h2-12H,24H2,1H3,(H,28,29,30)/b27-26+. The number of aryl methyl sites for hydroxylation is 1. The van der Waals surface area contributed by atoms with Gasteiger partial charge >= 0.3 is 0 Å². The first kappa shape index (κ1) is 20.6. The van der Waals surface area contributed by atoms with Crippen molar-refractivity contribution in [2.24, 2.45) is 10.2 Å². The van der Waals surface area contributed by atoms with E-state index in [0.717, 1.165) is 11.1 Å². The van der Waals surface area contributed by atoms with Gasteiger partial charge < -0.3 is 5.73 Å². The fourth-order valence-electron chi connectivity index (χ4n) is 3.21. The third-order valence-corrected chi connectivity index (χ3v) is 5.63. The number of fused-ring (bicyclic) bond motifs is 1. The second kappa shape index (κ2) is 7.86. The summed E-state index contributed by atoms with van der Waals surface area (Å²) in [5.74, 6) is -0.306. The van der Waals surface area contributed by atoms with Crippen LogP contribution in [0.5, 0.6) is 0 Å². The number of azo groups is 1. The molecule has 0 aliphatic rings. The average molecular weight is 436 g/mol. The zero-order valence-electron chi connectivity index (χ0n) is 16.3. The third-order valence-electron chi connectivity index (χ3n) is 4.78. The predicted molar refractivity (Wildman–Crippen MR) is 117 cm³/mol. The van der Waals surface area contributed by atoms with E-state index in [4.69, 9.17) is 5.73 Å². The number of benzene rings is 3. The number of aromatic nitrogens is 1. The maximum absolute atomic E-state index is 13.3. The van der Waals surface area contributed by atoms with E-state index in [1.807, 2.05) is 0 Å². The summed E-state index contributed by atoms with van der Waals surface area (Å²) in [4.78, 5) is 4.10. The number of halogens is 1. The van der Waals surface area contributed by atoms with Crippen LogP contribution in [-0.4, -0.2) is 18.0 Å². The molecule has 0 aliphatic heterocycles. The molecular formula is C22H17FN4O3S. The maximum Gasteiger partial charge on any atom is 0.294 e. The SMILES string of the molecule is Cc1cc(F)ccc1-c1ccc(/N=N/c2ccc(N)c3ccc(S(=O)(=O)O)cc23)cn1. The van der Waals surface area contributed by atoms with Gasteiger partial charge in [0.15, 0.2) is 0 Å². The van der Waals surface area contributed by atoms with Crippen LogP contribution in [0.25, 0.3) is 22.0 Å². The van der Waals surface area contributed by atoms with Crippen molar-refractivity contribution in [2.45, 2.75) is 11.8 Å². The molecule has 0 unspecified atom stereocenters. The molecule has 9 heteroatoms. The highest BCUT2D eigenvalue weighted by molar-refractivity contribution is 7.85. The maximum atomic E-state index is 13.3. The van der Waals surface area contributed by atoms with Crippen LogP contribution in [0.1, 0.15) is 5.56 Å². The molecule has 7 nitrogen and oxygen atoms in total. The van der Waals surface area contributed by atoms with Crippen molar-refractivity contribution in [3.8, 4) is 11.3 Å². The van der Waals surface area contributed by atoms with Gasteiger partial charge in [-0.2, -0.15) is 8.42 Å². The Kier molecular flexibility index (Phi) is 5.22. The summed E-state index contributed by atoms with van der Waals surface area (Å²) < 4.78 is 45.6. The Morgan fingerprint density at radius 3 is 2.45 bits per heavy atom. The number of rotatable bonds is 4. The topological polar surface area (TPSA) is 118 Å². The van der Waals surface area contributed by atoms with Crippen molar-refractivity contribution < 1.29 is 17.4 Å². The second-order valence-corrected chi connectivity index (χ2v) is 8.34. The second-order valence-electron chi connectivity index (χ2n) is 6.92. The van der Waals surface area contributed by atoms with Crippen molar-refractivity contribution in [3.05, 3.63) is 78.2 Å². The average Bonchev–Trinajstić information content (AvgIpc) is 2.73. The molecule has 31 heavy (non-hydrogen) atoms. The van der Waals surface area contributed by atoms with E-state index >= 15 is 0 Å². The van der Waals surface area contributed by atoms with Gasteiger partial charge in [0, 0.05) is 22.0 Å². The fourth-order valence-corrected chi connectivity index (χ4v) is 3.72. The summed E-state index contributed by atoms with van der Waals surface area (Å²) in [5, 5.41) is 9.40. The van der Waals surface area contributed by atoms with Crippen molar-refractivity contribution in [1.29, 1.82) is 0 Å². The van der Waals surface area contributed by atoms with Gasteiger partial charge in [-0.25, -0.2) is 4.39 Å². The highest BCUT2D eigenvalue weighted by atomic mass is 32.2. The summed E-state index contributed by atoms with van der Waals surface area (Å²) in [6.45, 7) is 1.81. The molecule has 1 aromatic heterocycles. The number of hydrogen-bond donors (Lipinski definition) is 2. The first-order valence-electron chi connectivity index (χ1n) is 9.16. The molecule has 0 aliphatic carbocycles. The van der Waals surface area contributed by atoms with Crippen molar-refractivity contribution in [1.82, 2.24) is 4.98 Å². The van der Waals surface area contributed by atoms with Gasteiger partial charge in [0.2, 0.25) is 0 Å². The molecule has 3 N–H and O–H groups in total. The zero-order valence-corrected chi connectivity index (χ0v) is 17.1. The molecule has 4 aromatic rings. The lowest BCUT2D eigenvalue weighted by molar-refractivity contribution is 0.483. The molecule has 0 atom stereocenters. The normalized spacial score (nSPS) is 12.0. The number of nitrogen functional groups attached to an aromatic ring is 1. The van der Waals surface area contributed by atoms with Gasteiger partial charge in [-0.1, -0.05) is 6.07 Å². The molecule has 156 valence electrons. The van der Waals surface area contributed by atoms with Crippen LogP contribution in [0.15, 0.2) is 82.0 Å². The van der Waals surface area contributed by atoms with Crippen LogP contribution >= 0.6 is 0 Å². The number of hydrogen-bond acceptors (Lipinski definition) is 6. The molecule has 0 saturated heterocycles. The molecule has 0 bridgehead atoms. The largest absolute Gasteiger partial charge is 0.398 e. The summed E-state index contributed by atoms with van der Waals surface area (Å²) in [6.07, 6.45) is 1.53. The van der Waals surface area contributed by atoms with Crippen molar-refractivity contribution in [2.75, 3.05) is 5.73 Å². The van der Waals surface area contributed by atoms with E-state index < -0.39 is 10.1 Å². The lowest BCUT2D eigenvalue weighted by Crippen LogP contribution is -1.98. The molecule has 1 heterocycles. The van der Waals surface area contributed by atoms with Crippen LogP contribution in [0.4, 0.5) is 21.5 Å². The minimum absolute atomic E-state index is 0.261. The van der Waals surface area contributed by atoms with Crippen LogP contribution in [0.2, 0.25) is 0 Å². The molecule has 0 saturated carbocycles. The van der Waals surface area contributed by atoms with E-state index in [-0.39, 0.29) is 10.7 Å². The predicted octanol–water partition coefficient (Wildman–Crippen LogP) is 5.59. The van der Waals surface area contributed by atoms with Crippen LogP contribution in [-0.2, 0) is 10.1 Å². The summed E-state index contributed by atoms with van der Waals surface area (Å²) in [6, 6.07) is 15.3. The molecule has 0 spiro atoms. The number of nitrogens with zero attached hydrogens (tertiary/aromatic N) is 3. The fraction of sp³-hybridized carbons (Fsp3) is 0.0455. The zero-order chi connectivity index (χ0) is 22.2. The first-order valence-corrected chi connectivity index (χ1v) is 10.6. The smallest absolute Gasteiger partial charge is 0.294 e. The van der Waals surface area contributed by atoms with E-state index in [1.54, 1.807) is 37.3 Å². The Morgan fingerprint density at radius 2 is 1.77 bits per heavy atom. The molecular weight excluding hydrogens is 419 g/mol. The van der Waals surface area contributed by atoms with E-state index in [2.05, 4.69) is 15.2 Å². The lowest BCUT2D eigenvalue weighted by Gasteiger charge is -2.07.